The third-order valence-electron chi connectivity index (χ3n) is 3.12. The third kappa shape index (κ3) is 2.99. The number of carboxylic acid groups (broad SMARTS) is 1. The summed E-state index contributed by atoms with van der Waals surface area (Å²) in [6, 6.07) is 7.75. The number of aromatic nitrogens is 2. The Bertz CT molecular complexity index is 653. The van der Waals surface area contributed by atoms with E-state index in [1.165, 1.54) is 4.90 Å². The lowest BCUT2D eigenvalue weighted by Gasteiger charge is -2.32. The van der Waals surface area contributed by atoms with Crippen molar-refractivity contribution in [1.82, 2.24) is 9.78 Å². The summed E-state index contributed by atoms with van der Waals surface area (Å²) in [5, 5.41) is 13.7. The Morgan fingerprint density at radius 1 is 1.29 bits per heavy atom. The molecule has 21 heavy (non-hydrogen) atoms. The number of nitrogens with two attached hydrogens (primary N) is 1. The van der Waals surface area contributed by atoms with Crippen LogP contribution in [0.4, 0.5) is 16.3 Å². The molecule has 0 saturated heterocycles. The van der Waals surface area contributed by atoms with Crippen LogP contribution < -0.4 is 10.6 Å². The molecular formula is C15H20N4O2. The van der Waals surface area contributed by atoms with E-state index in [0.29, 0.717) is 5.69 Å². The maximum Gasteiger partial charge on any atom is 0.412 e. The van der Waals surface area contributed by atoms with Crippen LogP contribution in [0.5, 0.6) is 0 Å². The molecule has 6 nitrogen and oxygen atoms in total. The summed E-state index contributed by atoms with van der Waals surface area (Å²) in [6.07, 6.45) is 0.581. The highest BCUT2D eigenvalue weighted by molar-refractivity contribution is 5.90. The van der Waals surface area contributed by atoms with Crippen LogP contribution >= 0.6 is 0 Å². The summed E-state index contributed by atoms with van der Waals surface area (Å²) in [4.78, 5) is 12.7. The van der Waals surface area contributed by atoms with E-state index in [2.05, 4.69) is 5.10 Å². The van der Waals surface area contributed by atoms with Gasteiger partial charge in [0.05, 0.1) is 11.9 Å². The third-order valence-corrected chi connectivity index (χ3v) is 3.12. The van der Waals surface area contributed by atoms with Crippen molar-refractivity contribution in [2.24, 2.45) is 0 Å². The lowest BCUT2D eigenvalue weighted by atomic mass is 10.1. The van der Waals surface area contributed by atoms with Crippen LogP contribution in [0.3, 0.4) is 0 Å². The van der Waals surface area contributed by atoms with Crippen LogP contribution in [-0.4, -0.2) is 26.5 Å². The van der Waals surface area contributed by atoms with Crippen LogP contribution in [-0.2, 0) is 0 Å². The molecule has 0 unspecified atom stereocenters. The number of hydrogen-bond donors (Lipinski definition) is 2. The van der Waals surface area contributed by atoms with Crippen molar-refractivity contribution < 1.29 is 9.90 Å². The quantitative estimate of drug-likeness (QED) is 0.889. The summed E-state index contributed by atoms with van der Waals surface area (Å²) < 4.78 is 1.59. The molecule has 0 aliphatic heterocycles. The van der Waals surface area contributed by atoms with Crippen molar-refractivity contribution in [3.63, 3.8) is 0 Å². The highest BCUT2D eigenvalue weighted by Gasteiger charge is 2.31. The fraction of sp³-hybridized carbons (Fsp3) is 0.333. The predicted octanol–water partition coefficient (Wildman–Crippen LogP) is 3.05. The topological polar surface area (TPSA) is 84.4 Å². The number of nitrogen functional groups attached to an aromatic ring is 1. The molecule has 0 radical (unpaired) electrons. The largest absolute Gasteiger partial charge is 0.465 e. The average molecular weight is 288 g/mol. The summed E-state index contributed by atoms with van der Waals surface area (Å²) in [5.74, 6) is 0.188. The molecule has 0 atom stereocenters. The Balaban J connectivity index is 2.48. The molecule has 112 valence electrons. The predicted molar refractivity (Wildman–Crippen MR) is 83.0 cm³/mol. The smallest absolute Gasteiger partial charge is 0.412 e. The molecule has 2 aromatic rings. The second kappa shape index (κ2) is 5.12. The van der Waals surface area contributed by atoms with Gasteiger partial charge in [0.15, 0.2) is 5.82 Å². The van der Waals surface area contributed by atoms with Gasteiger partial charge in [-0.05, 0) is 39.8 Å². The van der Waals surface area contributed by atoms with Gasteiger partial charge in [-0.25, -0.2) is 9.48 Å². The summed E-state index contributed by atoms with van der Waals surface area (Å²) in [6.45, 7) is 7.43. The Kier molecular flexibility index (Phi) is 3.63. The van der Waals surface area contributed by atoms with Crippen molar-refractivity contribution in [2.45, 2.75) is 33.2 Å². The molecule has 0 aliphatic rings. The van der Waals surface area contributed by atoms with Gasteiger partial charge in [0.2, 0.25) is 0 Å². The number of aryl methyl sites for hydroxylation is 1. The van der Waals surface area contributed by atoms with E-state index in [0.717, 1.165) is 11.3 Å². The van der Waals surface area contributed by atoms with Crippen molar-refractivity contribution in [1.29, 1.82) is 0 Å². The fourth-order valence-corrected chi connectivity index (χ4v) is 2.13. The first-order chi connectivity index (χ1) is 9.70. The summed E-state index contributed by atoms with van der Waals surface area (Å²) in [5.41, 5.74) is 7.65. The zero-order valence-electron chi connectivity index (χ0n) is 12.7. The lowest BCUT2D eigenvalue weighted by molar-refractivity contribution is 0.195. The highest BCUT2D eigenvalue weighted by atomic mass is 16.4. The van der Waals surface area contributed by atoms with Gasteiger partial charge in [-0.3, -0.25) is 4.90 Å². The zero-order chi connectivity index (χ0) is 15.8. The van der Waals surface area contributed by atoms with Gasteiger partial charge in [0.25, 0.3) is 0 Å². The van der Waals surface area contributed by atoms with Gasteiger partial charge in [0.1, 0.15) is 5.69 Å². The molecule has 0 aliphatic carbocycles. The Labute approximate surface area is 123 Å². The van der Waals surface area contributed by atoms with Gasteiger partial charge >= 0.3 is 6.09 Å². The van der Waals surface area contributed by atoms with Gasteiger partial charge in [-0.2, -0.15) is 0 Å². The summed E-state index contributed by atoms with van der Waals surface area (Å²) >= 11 is 0. The average Bonchev–Trinajstić information content (AvgIpc) is 2.70. The molecule has 3 N–H and O–H groups in total. The Hall–Kier alpha value is -2.50. The number of nitrogens with zero attached hydrogens (tertiary/aromatic N) is 3. The molecule has 1 aromatic heterocycles. The van der Waals surface area contributed by atoms with Crippen LogP contribution in [0.1, 0.15) is 26.3 Å². The minimum Gasteiger partial charge on any atom is -0.465 e. The molecule has 0 saturated carbocycles. The SMILES string of the molecule is Cc1ccc(-n2cc(N(C(=O)O)C(C)(C)C)c(N)n2)cc1. The van der Waals surface area contributed by atoms with E-state index >= 15 is 0 Å². The van der Waals surface area contributed by atoms with Crippen LogP contribution in [0.2, 0.25) is 0 Å². The van der Waals surface area contributed by atoms with E-state index in [4.69, 9.17) is 5.73 Å². The second-order valence-corrected chi connectivity index (χ2v) is 5.97. The van der Waals surface area contributed by atoms with Crippen molar-refractivity contribution in [2.75, 3.05) is 10.6 Å². The van der Waals surface area contributed by atoms with Crippen molar-refractivity contribution in [3.05, 3.63) is 36.0 Å². The maximum absolute atomic E-state index is 11.5. The van der Waals surface area contributed by atoms with Crippen molar-refractivity contribution in [3.8, 4) is 5.69 Å². The lowest BCUT2D eigenvalue weighted by Crippen LogP contribution is -2.45. The number of amides is 1. The monoisotopic (exact) mass is 288 g/mol. The minimum absolute atomic E-state index is 0.188. The molecule has 6 heteroatoms. The van der Waals surface area contributed by atoms with E-state index in [1.54, 1.807) is 10.9 Å². The van der Waals surface area contributed by atoms with Gasteiger partial charge < -0.3 is 10.8 Å². The molecule has 2 rings (SSSR count). The van der Waals surface area contributed by atoms with Gasteiger partial charge in [-0.1, -0.05) is 17.7 Å². The van der Waals surface area contributed by atoms with Gasteiger partial charge in [0, 0.05) is 5.54 Å². The van der Waals surface area contributed by atoms with Crippen LogP contribution in [0.15, 0.2) is 30.5 Å². The van der Waals surface area contributed by atoms with E-state index < -0.39 is 11.6 Å². The second-order valence-electron chi connectivity index (χ2n) is 5.97. The molecular weight excluding hydrogens is 268 g/mol. The molecule has 0 bridgehead atoms. The normalized spacial score (nSPS) is 11.4. The molecule has 1 heterocycles. The Morgan fingerprint density at radius 3 is 2.33 bits per heavy atom. The summed E-state index contributed by atoms with van der Waals surface area (Å²) in [7, 11) is 0. The standard InChI is InChI=1S/C15H20N4O2/c1-10-5-7-11(8-6-10)18-9-12(13(16)17-18)19(14(20)21)15(2,3)4/h5-9H,1-4H3,(H2,16,17)(H,20,21). The van der Waals surface area contributed by atoms with E-state index in [1.807, 2.05) is 52.0 Å². The maximum atomic E-state index is 11.5. The first-order valence-corrected chi connectivity index (χ1v) is 6.65. The molecule has 1 aromatic carbocycles. The van der Waals surface area contributed by atoms with Crippen LogP contribution in [0.25, 0.3) is 5.69 Å². The fourth-order valence-electron chi connectivity index (χ4n) is 2.13. The number of hydrogen-bond acceptors (Lipinski definition) is 3. The zero-order valence-corrected chi connectivity index (χ0v) is 12.7. The van der Waals surface area contributed by atoms with Crippen molar-refractivity contribution >= 4 is 17.6 Å². The first kappa shape index (κ1) is 14.9. The number of rotatable bonds is 2. The van der Waals surface area contributed by atoms with E-state index in [-0.39, 0.29) is 5.82 Å². The van der Waals surface area contributed by atoms with Crippen LogP contribution in [0, 0.1) is 6.92 Å². The number of benzene rings is 1. The van der Waals surface area contributed by atoms with Gasteiger partial charge in [-0.15, -0.1) is 5.10 Å². The van der Waals surface area contributed by atoms with E-state index in [9.17, 15) is 9.90 Å². The minimum atomic E-state index is -1.06. The first-order valence-electron chi connectivity index (χ1n) is 6.65. The molecule has 1 amide bonds. The molecule has 0 fully saturated rings. The Morgan fingerprint density at radius 2 is 1.86 bits per heavy atom. The molecule has 0 spiro atoms. The number of anilines is 2. The number of carbonyl (C=O) groups is 1. The highest BCUT2D eigenvalue weighted by Crippen LogP contribution is 2.29.